The number of hydrogen-bond acceptors (Lipinski definition) is 3. The van der Waals surface area contributed by atoms with Gasteiger partial charge in [0.25, 0.3) is 0 Å². The highest BCUT2D eigenvalue weighted by atomic mass is 16.5. The number of aliphatic imine (C=N–C) groups is 1. The van der Waals surface area contributed by atoms with Gasteiger partial charge in [0, 0.05) is 54.4 Å². The minimum absolute atomic E-state index is 0.163. The Morgan fingerprint density at radius 1 is 1.17 bits per heavy atom. The van der Waals surface area contributed by atoms with E-state index in [1.165, 1.54) is 5.56 Å². The molecule has 128 valence electrons. The van der Waals surface area contributed by atoms with E-state index in [0.29, 0.717) is 6.54 Å². The third-order valence-electron chi connectivity index (χ3n) is 3.92. The SMILES string of the molecule is CN(C)C(=NCC1CN(Cc2ccccc2)CCCO1)N(C)C. The molecule has 1 aliphatic heterocycles. The smallest absolute Gasteiger partial charge is 0.195 e. The van der Waals surface area contributed by atoms with Crippen LogP contribution in [0.25, 0.3) is 0 Å². The Balaban J connectivity index is 1.95. The van der Waals surface area contributed by atoms with Gasteiger partial charge in [0.2, 0.25) is 0 Å². The quantitative estimate of drug-likeness (QED) is 0.625. The average Bonchev–Trinajstić information content (AvgIpc) is 2.73. The minimum atomic E-state index is 0.163. The van der Waals surface area contributed by atoms with Gasteiger partial charge in [0.05, 0.1) is 12.6 Å². The Hall–Kier alpha value is -1.59. The number of guanidine groups is 1. The molecule has 23 heavy (non-hydrogen) atoms. The Labute approximate surface area is 140 Å². The van der Waals surface area contributed by atoms with E-state index in [1.807, 2.05) is 38.0 Å². The van der Waals surface area contributed by atoms with E-state index in [9.17, 15) is 0 Å². The third-order valence-corrected chi connectivity index (χ3v) is 3.92. The second kappa shape index (κ2) is 8.89. The van der Waals surface area contributed by atoms with Crippen LogP contribution in [-0.2, 0) is 11.3 Å². The van der Waals surface area contributed by atoms with Gasteiger partial charge in [-0.05, 0) is 12.0 Å². The van der Waals surface area contributed by atoms with E-state index in [1.54, 1.807) is 0 Å². The van der Waals surface area contributed by atoms with Crippen molar-refractivity contribution in [3.63, 3.8) is 0 Å². The van der Waals surface area contributed by atoms with Crippen LogP contribution in [-0.4, -0.2) is 81.2 Å². The first-order valence-electron chi connectivity index (χ1n) is 8.33. The van der Waals surface area contributed by atoms with Crippen LogP contribution in [0.5, 0.6) is 0 Å². The van der Waals surface area contributed by atoms with Gasteiger partial charge in [0.1, 0.15) is 0 Å². The molecule has 0 amide bonds. The summed E-state index contributed by atoms with van der Waals surface area (Å²) in [4.78, 5) is 11.3. The lowest BCUT2D eigenvalue weighted by molar-refractivity contribution is 0.0596. The summed E-state index contributed by atoms with van der Waals surface area (Å²) in [7, 11) is 8.09. The van der Waals surface area contributed by atoms with E-state index in [0.717, 1.165) is 38.6 Å². The van der Waals surface area contributed by atoms with Crippen molar-refractivity contribution in [2.24, 2.45) is 4.99 Å². The highest BCUT2D eigenvalue weighted by Crippen LogP contribution is 2.11. The maximum absolute atomic E-state index is 5.99. The molecule has 1 aromatic rings. The van der Waals surface area contributed by atoms with Crippen molar-refractivity contribution in [3.8, 4) is 0 Å². The van der Waals surface area contributed by atoms with E-state index < -0.39 is 0 Å². The van der Waals surface area contributed by atoms with E-state index in [-0.39, 0.29) is 6.10 Å². The van der Waals surface area contributed by atoms with Gasteiger partial charge in [-0.15, -0.1) is 0 Å². The summed E-state index contributed by atoms with van der Waals surface area (Å²) >= 11 is 0. The molecule has 0 bridgehead atoms. The largest absolute Gasteiger partial charge is 0.375 e. The van der Waals surface area contributed by atoms with E-state index in [4.69, 9.17) is 9.73 Å². The van der Waals surface area contributed by atoms with Gasteiger partial charge in [-0.25, -0.2) is 0 Å². The van der Waals surface area contributed by atoms with Crippen LogP contribution in [0, 0.1) is 0 Å². The van der Waals surface area contributed by atoms with Crippen LogP contribution in [0.2, 0.25) is 0 Å². The van der Waals surface area contributed by atoms with Crippen molar-refractivity contribution in [1.82, 2.24) is 14.7 Å². The van der Waals surface area contributed by atoms with Crippen LogP contribution >= 0.6 is 0 Å². The molecular formula is C18H30N4O. The molecule has 0 aliphatic carbocycles. The van der Waals surface area contributed by atoms with Crippen LogP contribution in [0.1, 0.15) is 12.0 Å². The summed E-state index contributed by atoms with van der Waals surface area (Å²) in [5, 5.41) is 0. The summed E-state index contributed by atoms with van der Waals surface area (Å²) in [5.41, 5.74) is 1.36. The Morgan fingerprint density at radius 2 is 1.87 bits per heavy atom. The van der Waals surface area contributed by atoms with Crippen LogP contribution in [0.4, 0.5) is 0 Å². The molecular weight excluding hydrogens is 288 g/mol. The van der Waals surface area contributed by atoms with Crippen molar-refractivity contribution in [2.75, 3.05) is 54.4 Å². The van der Waals surface area contributed by atoms with Gasteiger partial charge in [-0.1, -0.05) is 30.3 Å². The number of nitrogens with zero attached hydrogens (tertiary/aromatic N) is 4. The monoisotopic (exact) mass is 318 g/mol. The highest BCUT2D eigenvalue weighted by molar-refractivity contribution is 5.79. The molecule has 1 aliphatic rings. The molecule has 1 atom stereocenters. The molecule has 1 saturated heterocycles. The fraction of sp³-hybridized carbons (Fsp3) is 0.611. The van der Waals surface area contributed by atoms with Crippen molar-refractivity contribution < 1.29 is 4.74 Å². The summed E-state index contributed by atoms with van der Waals surface area (Å²) in [5.74, 6) is 0.979. The van der Waals surface area contributed by atoms with E-state index >= 15 is 0 Å². The molecule has 0 aromatic heterocycles. The number of benzene rings is 1. The first kappa shape index (κ1) is 17.8. The van der Waals surface area contributed by atoms with Gasteiger partial charge in [-0.2, -0.15) is 0 Å². The van der Waals surface area contributed by atoms with Crippen molar-refractivity contribution >= 4 is 5.96 Å². The molecule has 5 nitrogen and oxygen atoms in total. The number of hydrogen-bond donors (Lipinski definition) is 0. The number of ether oxygens (including phenoxy) is 1. The van der Waals surface area contributed by atoms with Crippen molar-refractivity contribution in [2.45, 2.75) is 19.1 Å². The highest BCUT2D eigenvalue weighted by Gasteiger charge is 2.19. The van der Waals surface area contributed by atoms with Crippen molar-refractivity contribution in [3.05, 3.63) is 35.9 Å². The predicted octanol–water partition coefficient (Wildman–Crippen LogP) is 1.76. The molecule has 0 N–H and O–H groups in total. The zero-order valence-electron chi connectivity index (χ0n) is 14.9. The Bertz CT molecular complexity index is 477. The first-order chi connectivity index (χ1) is 11.1. The van der Waals surface area contributed by atoms with Crippen LogP contribution in [0.15, 0.2) is 35.3 Å². The molecule has 0 spiro atoms. The molecule has 2 rings (SSSR count). The topological polar surface area (TPSA) is 31.3 Å². The maximum atomic E-state index is 5.99. The lowest BCUT2D eigenvalue weighted by atomic mass is 10.2. The molecule has 1 heterocycles. The van der Waals surface area contributed by atoms with Gasteiger partial charge >= 0.3 is 0 Å². The van der Waals surface area contributed by atoms with Gasteiger partial charge in [-0.3, -0.25) is 9.89 Å². The first-order valence-corrected chi connectivity index (χ1v) is 8.33. The summed E-state index contributed by atoms with van der Waals surface area (Å²) in [6.45, 7) is 4.54. The Kier molecular flexibility index (Phi) is 6.86. The predicted molar refractivity (Wildman–Crippen MR) is 95.8 cm³/mol. The standard InChI is InChI=1S/C18H30N4O/c1-20(2)18(21(3)4)19-13-17-15-22(11-8-12-23-17)14-16-9-6-5-7-10-16/h5-7,9-10,17H,8,11-15H2,1-4H3. The molecule has 0 saturated carbocycles. The second-order valence-electron chi connectivity index (χ2n) is 6.50. The fourth-order valence-electron chi connectivity index (χ4n) is 2.93. The molecule has 1 aromatic carbocycles. The maximum Gasteiger partial charge on any atom is 0.195 e. The normalized spacial score (nSPS) is 19.0. The zero-order chi connectivity index (χ0) is 16.7. The summed E-state index contributed by atoms with van der Waals surface area (Å²) in [6, 6.07) is 10.7. The third kappa shape index (κ3) is 5.84. The average molecular weight is 318 g/mol. The molecule has 5 heteroatoms. The van der Waals surface area contributed by atoms with Crippen molar-refractivity contribution in [1.29, 1.82) is 0 Å². The summed E-state index contributed by atoms with van der Waals surface area (Å²) in [6.07, 6.45) is 1.25. The minimum Gasteiger partial charge on any atom is -0.375 e. The van der Waals surface area contributed by atoms with Gasteiger partial charge in [0.15, 0.2) is 5.96 Å². The second-order valence-corrected chi connectivity index (χ2v) is 6.50. The Morgan fingerprint density at radius 3 is 2.52 bits per heavy atom. The number of rotatable bonds is 4. The lowest BCUT2D eigenvalue weighted by Crippen LogP contribution is -2.38. The molecule has 1 fully saturated rings. The lowest BCUT2D eigenvalue weighted by Gasteiger charge is -2.25. The van der Waals surface area contributed by atoms with Crippen LogP contribution in [0.3, 0.4) is 0 Å². The fourth-order valence-corrected chi connectivity index (χ4v) is 2.93. The van der Waals surface area contributed by atoms with E-state index in [2.05, 4.69) is 35.2 Å². The van der Waals surface area contributed by atoms with Crippen LogP contribution < -0.4 is 0 Å². The zero-order valence-corrected chi connectivity index (χ0v) is 14.9. The van der Waals surface area contributed by atoms with Gasteiger partial charge < -0.3 is 14.5 Å². The molecule has 1 unspecified atom stereocenters. The molecule has 0 radical (unpaired) electrons. The summed E-state index contributed by atoms with van der Waals surface area (Å²) < 4.78 is 5.99.